The number of carbonyl (C=O) groups is 1. The van der Waals surface area contributed by atoms with Crippen LogP contribution in [0.1, 0.15) is 5.56 Å². The van der Waals surface area contributed by atoms with Crippen LogP contribution in [0.15, 0.2) is 53.0 Å². The maximum Gasteiger partial charge on any atom is 0.248 e. The van der Waals surface area contributed by atoms with Crippen molar-refractivity contribution >= 4 is 56.8 Å². The number of rotatable bonds is 3. The van der Waals surface area contributed by atoms with Gasteiger partial charge in [0.15, 0.2) is 0 Å². The fourth-order valence-electron chi connectivity index (χ4n) is 1.51. The van der Waals surface area contributed by atoms with Crippen LogP contribution in [-0.4, -0.2) is 5.91 Å². The second kappa shape index (κ2) is 6.93. The largest absolute Gasteiger partial charge is 0.321 e. The highest BCUT2D eigenvalue weighted by Crippen LogP contribution is 2.25. The van der Waals surface area contributed by atoms with E-state index in [4.69, 9.17) is 23.2 Å². The molecule has 0 aliphatic carbocycles. The summed E-state index contributed by atoms with van der Waals surface area (Å²) in [5, 5.41) is 3.63. The molecule has 102 valence electrons. The highest BCUT2D eigenvalue weighted by molar-refractivity contribution is 9.10. The van der Waals surface area contributed by atoms with Gasteiger partial charge in [0.1, 0.15) is 0 Å². The first-order valence-corrected chi connectivity index (χ1v) is 7.29. The molecule has 0 bridgehead atoms. The summed E-state index contributed by atoms with van der Waals surface area (Å²) >= 11 is 15.1. The number of nitrogens with one attached hydrogen (secondary N) is 1. The lowest BCUT2D eigenvalue weighted by Crippen LogP contribution is -2.08. The third-order valence-corrected chi connectivity index (χ3v) is 3.56. The van der Waals surface area contributed by atoms with Crippen LogP contribution in [0.2, 0.25) is 10.0 Å². The summed E-state index contributed by atoms with van der Waals surface area (Å²) in [6.07, 6.45) is 3.18. The van der Waals surface area contributed by atoms with Crippen LogP contribution in [0, 0.1) is 0 Å². The molecule has 0 saturated carbocycles. The maximum absolute atomic E-state index is 11.8. The zero-order valence-corrected chi connectivity index (χ0v) is 13.3. The SMILES string of the molecule is O=C(C=Cc1ccc(Br)cc1)Nc1ccc(Cl)cc1Cl. The minimum Gasteiger partial charge on any atom is -0.321 e. The van der Waals surface area contributed by atoms with Crippen molar-refractivity contribution in [3.8, 4) is 0 Å². The van der Waals surface area contributed by atoms with Gasteiger partial charge in [0, 0.05) is 15.6 Å². The van der Waals surface area contributed by atoms with Crippen LogP contribution in [0.4, 0.5) is 5.69 Å². The van der Waals surface area contributed by atoms with Crippen LogP contribution < -0.4 is 5.32 Å². The molecule has 0 heterocycles. The maximum atomic E-state index is 11.8. The molecule has 0 unspecified atom stereocenters. The lowest BCUT2D eigenvalue weighted by Gasteiger charge is -2.04. The summed E-state index contributed by atoms with van der Waals surface area (Å²) in [6, 6.07) is 12.5. The topological polar surface area (TPSA) is 29.1 Å². The molecule has 5 heteroatoms. The molecule has 0 aromatic heterocycles. The van der Waals surface area contributed by atoms with Gasteiger partial charge >= 0.3 is 0 Å². The van der Waals surface area contributed by atoms with E-state index in [9.17, 15) is 4.79 Å². The third kappa shape index (κ3) is 4.37. The van der Waals surface area contributed by atoms with E-state index in [-0.39, 0.29) is 5.91 Å². The molecule has 0 saturated heterocycles. The Hall–Kier alpha value is -1.29. The second-order valence-electron chi connectivity index (χ2n) is 4.00. The molecule has 1 amide bonds. The zero-order valence-electron chi connectivity index (χ0n) is 10.2. The van der Waals surface area contributed by atoms with Gasteiger partial charge in [-0.05, 0) is 42.0 Å². The van der Waals surface area contributed by atoms with E-state index in [1.165, 1.54) is 6.08 Å². The summed E-state index contributed by atoms with van der Waals surface area (Å²) in [5.41, 5.74) is 1.46. The second-order valence-corrected chi connectivity index (χ2v) is 5.76. The average molecular weight is 371 g/mol. The lowest BCUT2D eigenvalue weighted by atomic mass is 10.2. The first kappa shape index (κ1) is 15.1. The number of benzene rings is 2. The molecule has 0 fully saturated rings. The molecule has 2 rings (SSSR count). The summed E-state index contributed by atoms with van der Waals surface area (Å²) in [4.78, 5) is 11.8. The average Bonchev–Trinajstić information content (AvgIpc) is 2.41. The number of hydrogen-bond donors (Lipinski definition) is 1. The molecule has 2 aromatic rings. The summed E-state index contributed by atoms with van der Waals surface area (Å²) < 4.78 is 0.993. The van der Waals surface area contributed by atoms with Crippen LogP contribution in [-0.2, 0) is 4.79 Å². The van der Waals surface area contributed by atoms with E-state index in [2.05, 4.69) is 21.2 Å². The Bertz CT molecular complexity index is 653. The van der Waals surface area contributed by atoms with Crippen molar-refractivity contribution in [2.24, 2.45) is 0 Å². The predicted octanol–water partition coefficient (Wildman–Crippen LogP) is 5.41. The standard InChI is InChI=1S/C15H10BrCl2NO/c16-11-4-1-10(2-5-11)3-8-15(20)19-14-7-6-12(17)9-13(14)18/h1-9H,(H,19,20). The van der Waals surface area contributed by atoms with Crippen molar-refractivity contribution in [1.29, 1.82) is 0 Å². The number of anilines is 1. The van der Waals surface area contributed by atoms with E-state index in [1.807, 2.05) is 24.3 Å². The number of carbonyl (C=O) groups excluding carboxylic acids is 1. The molecule has 2 nitrogen and oxygen atoms in total. The van der Waals surface area contributed by atoms with Crippen molar-refractivity contribution in [3.05, 3.63) is 68.6 Å². The van der Waals surface area contributed by atoms with Crippen molar-refractivity contribution in [2.45, 2.75) is 0 Å². The Balaban J connectivity index is 2.03. The van der Waals surface area contributed by atoms with Crippen LogP contribution in [0.25, 0.3) is 6.08 Å². The van der Waals surface area contributed by atoms with Gasteiger partial charge in [0.25, 0.3) is 0 Å². The molecule has 0 spiro atoms. The van der Waals surface area contributed by atoms with Gasteiger partial charge in [-0.2, -0.15) is 0 Å². The Morgan fingerprint density at radius 2 is 1.80 bits per heavy atom. The van der Waals surface area contributed by atoms with Crippen molar-refractivity contribution in [1.82, 2.24) is 0 Å². The third-order valence-electron chi connectivity index (χ3n) is 2.49. The number of halogens is 3. The molecule has 0 atom stereocenters. The van der Waals surface area contributed by atoms with E-state index in [0.717, 1.165) is 10.0 Å². The van der Waals surface area contributed by atoms with Crippen LogP contribution >= 0.6 is 39.1 Å². The zero-order chi connectivity index (χ0) is 14.5. The van der Waals surface area contributed by atoms with Gasteiger partial charge < -0.3 is 5.32 Å². The normalized spacial score (nSPS) is 10.8. The first-order chi connectivity index (χ1) is 9.54. The fourth-order valence-corrected chi connectivity index (χ4v) is 2.23. The molecular formula is C15H10BrCl2NO. The summed E-state index contributed by atoms with van der Waals surface area (Å²) in [5.74, 6) is -0.253. The van der Waals surface area contributed by atoms with Gasteiger partial charge in [-0.25, -0.2) is 0 Å². The van der Waals surface area contributed by atoms with Gasteiger partial charge in [-0.3, -0.25) is 4.79 Å². The van der Waals surface area contributed by atoms with Crippen molar-refractivity contribution in [3.63, 3.8) is 0 Å². The molecule has 0 radical (unpaired) electrons. The lowest BCUT2D eigenvalue weighted by molar-refractivity contribution is -0.111. The van der Waals surface area contributed by atoms with Gasteiger partial charge in [-0.1, -0.05) is 51.3 Å². The fraction of sp³-hybridized carbons (Fsp3) is 0. The minimum atomic E-state index is -0.253. The van der Waals surface area contributed by atoms with E-state index >= 15 is 0 Å². The highest BCUT2D eigenvalue weighted by atomic mass is 79.9. The van der Waals surface area contributed by atoms with E-state index in [1.54, 1.807) is 24.3 Å². The molecule has 2 aromatic carbocycles. The van der Waals surface area contributed by atoms with E-state index in [0.29, 0.717) is 15.7 Å². The van der Waals surface area contributed by atoms with Gasteiger partial charge in [0.2, 0.25) is 5.91 Å². The highest BCUT2D eigenvalue weighted by Gasteiger charge is 2.03. The van der Waals surface area contributed by atoms with Crippen LogP contribution in [0.3, 0.4) is 0 Å². The Kier molecular flexibility index (Phi) is 5.24. The monoisotopic (exact) mass is 369 g/mol. The van der Waals surface area contributed by atoms with Crippen LogP contribution in [0.5, 0.6) is 0 Å². The molecule has 1 N–H and O–H groups in total. The van der Waals surface area contributed by atoms with Crippen molar-refractivity contribution < 1.29 is 4.79 Å². The molecule has 0 aliphatic rings. The number of amides is 1. The predicted molar refractivity (Wildman–Crippen MR) is 88.3 cm³/mol. The first-order valence-electron chi connectivity index (χ1n) is 5.74. The quantitative estimate of drug-likeness (QED) is 0.719. The molecule has 20 heavy (non-hydrogen) atoms. The Morgan fingerprint density at radius 1 is 1.10 bits per heavy atom. The molecular weight excluding hydrogens is 361 g/mol. The Morgan fingerprint density at radius 3 is 2.45 bits per heavy atom. The number of hydrogen-bond acceptors (Lipinski definition) is 1. The van der Waals surface area contributed by atoms with E-state index < -0.39 is 0 Å². The van der Waals surface area contributed by atoms with Crippen molar-refractivity contribution in [2.75, 3.05) is 5.32 Å². The van der Waals surface area contributed by atoms with Gasteiger partial charge in [-0.15, -0.1) is 0 Å². The minimum absolute atomic E-state index is 0.253. The van der Waals surface area contributed by atoms with Gasteiger partial charge in [0.05, 0.1) is 10.7 Å². The Labute approximate surface area is 135 Å². The summed E-state index contributed by atoms with van der Waals surface area (Å²) in [6.45, 7) is 0. The molecule has 0 aliphatic heterocycles. The summed E-state index contributed by atoms with van der Waals surface area (Å²) in [7, 11) is 0. The smallest absolute Gasteiger partial charge is 0.248 e.